The van der Waals surface area contributed by atoms with Gasteiger partial charge in [-0.05, 0) is 24.5 Å². The smallest absolute Gasteiger partial charge is 0.294 e. The first kappa shape index (κ1) is 12.4. The van der Waals surface area contributed by atoms with Crippen molar-refractivity contribution in [3.05, 3.63) is 34.3 Å². The van der Waals surface area contributed by atoms with Crippen LogP contribution in [0.3, 0.4) is 0 Å². The number of halogens is 4. The number of hydrogen-bond acceptors (Lipinski definition) is 1. The van der Waals surface area contributed by atoms with E-state index in [0.717, 1.165) is 18.6 Å². The van der Waals surface area contributed by atoms with E-state index in [1.807, 2.05) is 6.92 Å². The van der Waals surface area contributed by atoms with Crippen molar-refractivity contribution in [2.45, 2.75) is 19.5 Å². The van der Waals surface area contributed by atoms with Crippen molar-refractivity contribution in [1.82, 2.24) is 0 Å². The van der Waals surface area contributed by atoms with Crippen LogP contribution < -0.4 is 0 Å². The van der Waals surface area contributed by atoms with Gasteiger partial charge < -0.3 is 0 Å². The van der Waals surface area contributed by atoms with E-state index in [9.17, 15) is 18.0 Å². The fourth-order valence-electron chi connectivity index (χ4n) is 1.80. The number of carbonyl (C=O) groups is 1. The maximum atomic E-state index is 12.4. The molecule has 2 atom stereocenters. The molecule has 1 nitrogen and oxygen atoms in total. The minimum atomic E-state index is -4.48. The molecule has 0 amide bonds. The minimum Gasteiger partial charge on any atom is -0.294 e. The third-order valence-electron chi connectivity index (χ3n) is 3.01. The van der Waals surface area contributed by atoms with Gasteiger partial charge in [0, 0.05) is 11.5 Å². The predicted octanol–water partition coefficient (Wildman–Crippen LogP) is 4.20. The zero-order valence-corrected chi connectivity index (χ0v) is 9.77. The van der Waals surface area contributed by atoms with Gasteiger partial charge in [0.15, 0.2) is 5.78 Å². The molecule has 92 valence electrons. The molecular weight excluding hydrogens is 253 g/mol. The molecular formula is C12H10ClF3O. The monoisotopic (exact) mass is 262 g/mol. The fourth-order valence-corrected chi connectivity index (χ4v) is 2.09. The standard InChI is InChI=1S/C12H10ClF3O/c1-6-4-8(6)11(17)7-2-3-9(10(13)5-7)12(14,15)16/h2-3,5-6,8H,4H2,1H3/t6-,8-/m0/s1. The van der Waals surface area contributed by atoms with Crippen LogP contribution >= 0.6 is 11.6 Å². The summed E-state index contributed by atoms with van der Waals surface area (Å²) in [7, 11) is 0. The van der Waals surface area contributed by atoms with Crippen LogP contribution in [0.15, 0.2) is 18.2 Å². The van der Waals surface area contributed by atoms with Gasteiger partial charge in [0.1, 0.15) is 0 Å². The van der Waals surface area contributed by atoms with Crippen LogP contribution in [0.25, 0.3) is 0 Å². The molecule has 1 aromatic carbocycles. The van der Waals surface area contributed by atoms with Gasteiger partial charge in [-0.1, -0.05) is 24.6 Å². The first-order valence-electron chi connectivity index (χ1n) is 5.21. The Labute approximate surface area is 102 Å². The molecule has 0 N–H and O–H groups in total. The van der Waals surface area contributed by atoms with Gasteiger partial charge >= 0.3 is 6.18 Å². The molecule has 1 fully saturated rings. The van der Waals surface area contributed by atoms with Gasteiger partial charge in [-0.3, -0.25) is 4.79 Å². The molecule has 17 heavy (non-hydrogen) atoms. The Morgan fingerprint density at radius 1 is 1.41 bits per heavy atom. The molecule has 1 aromatic rings. The number of hydrogen-bond donors (Lipinski definition) is 0. The topological polar surface area (TPSA) is 17.1 Å². The molecule has 0 aromatic heterocycles. The highest BCUT2D eigenvalue weighted by Gasteiger charge is 2.40. The summed E-state index contributed by atoms with van der Waals surface area (Å²) >= 11 is 5.55. The number of carbonyl (C=O) groups excluding carboxylic acids is 1. The van der Waals surface area contributed by atoms with E-state index in [1.54, 1.807) is 0 Å². The number of benzene rings is 1. The van der Waals surface area contributed by atoms with Crippen LogP contribution in [0.5, 0.6) is 0 Å². The summed E-state index contributed by atoms with van der Waals surface area (Å²) in [6, 6.07) is 3.17. The van der Waals surface area contributed by atoms with Crippen LogP contribution in [0.2, 0.25) is 5.02 Å². The first-order valence-corrected chi connectivity index (χ1v) is 5.59. The van der Waals surface area contributed by atoms with Crippen molar-refractivity contribution in [1.29, 1.82) is 0 Å². The average molecular weight is 263 g/mol. The van der Waals surface area contributed by atoms with Gasteiger partial charge in [-0.15, -0.1) is 0 Å². The van der Waals surface area contributed by atoms with E-state index < -0.39 is 16.8 Å². The number of ketones is 1. The molecule has 2 rings (SSSR count). The number of rotatable bonds is 2. The van der Waals surface area contributed by atoms with Crippen LogP contribution in [0, 0.1) is 11.8 Å². The zero-order chi connectivity index (χ0) is 12.8. The van der Waals surface area contributed by atoms with Crippen molar-refractivity contribution >= 4 is 17.4 Å². The summed E-state index contributed by atoms with van der Waals surface area (Å²) in [6.45, 7) is 1.94. The van der Waals surface area contributed by atoms with E-state index >= 15 is 0 Å². The fraction of sp³-hybridized carbons (Fsp3) is 0.417. The van der Waals surface area contributed by atoms with E-state index in [2.05, 4.69) is 0 Å². The quantitative estimate of drug-likeness (QED) is 0.730. The van der Waals surface area contributed by atoms with Gasteiger partial charge in [-0.2, -0.15) is 13.2 Å². The third kappa shape index (κ3) is 2.46. The molecule has 1 aliphatic carbocycles. The molecule has 0 saturated heterocycles. The SMILES string of the molecule is C[C@H]1C[C@@H]1C(=O)c1ccc(C(F)(F)F)c(Cl)c1. The lowest BCUT2D eigenvalue weighted by molar-refractivity contribution is -0.137. The van der Waals surface area contributed by atoms with Gasteiger partial charge in [0.25, 0.3) is 0 Å². The highest BCUT2D eigenvalue weighted by atomic mass is 35.5. The van der Waals surface area contributed by atoms with Crippen LogP contribution in [-0.4, -0.2) is 5.78 Å². The van der Waals surface area contributed by atoms with Gasteiger partial charge in [-0.25, -0.2) is 0 Å². The highest BCUT2D eigenvalue weighted by molar-refractivity contribution is 6.31. The average Bonchev–Trinajstić information content (AvgIpc) is 2.92. The lowest BCUT2D eigenvalue weighted by Crippen LogP contribution is -2.08. The first-order chi connectivity index (χ1) is 7.80. The van der Waals surface area contributed by atoms with Gasteiger partial charge in [0.2, 0.25) is 0 Å². The lowest BCUT2D eigenvalue weighted by atomic mass is 10.0. The maximum Gasteiger partial charge on any atom is 0.417 e. The van der Waals surface area contributed by atoms with Crippen molar-refractivity contribution in [2.75, 3.05) is 0 Å². The van der Waals surface area contributed by atoms with Crippen LogP contribution in [-0.2, 0) is 6.18 Å². The Balaban J connectivity index is 2.28. The second-order valence-electron chi connectivity index (χ2n) is 4.38. The molecule has 1 saturated carbocycles. The largest absolute Gasteiger partial charge is 0.417 e. The van der Waals surface area contributed by atoms with Crippen LogP contribution in [0.1, 0.15) is 29.3 Å². The van der Waals surface area contributed by atoms with E-state index in [4.69, 9.17) is 11.6 Å². The van der Waals surface area contributed by atoms with Crippen molar-refractivity contribution < 1.29 is 18.0 Å². The van der Waals surface area contributed by atoms with Crippen LogP contribution in [0.4, 0.5) is 13.2 Å². The third-order valence-corrected chi connectivity index (χ3v) is 3.32. The Hall–Kier alpha value is -1.03. The summed E-state index contributed by atoms with van der Waals surface area (Å²) < 4.78 is 37.3. The van der Waals surface area contributed by atoms with Crippen molar-refractivity contribution in [3.63, 3.8) is 0 Å². The predicted molar refractivity (Wildman–Crippen MR) is 58.1 cm³/mol. The Kier molecular flexibility index (Phi) is 2.94. The van der Waals surface area contributed by atoms with Gasteiger partial charge in [0.05, 0.1) is 10.6 Å². The molecule has 0 aliphatic heterocycles. The summed E-state index contributed by atoms with van der Waals surface area (Å²) in [6.07, 6.45) is -3.68. The summed E-state index contributed by atoms with van der Waals surface area (Å²) in [5, 5.41) is -0.420. The van der Waals surface area contributed by atoms with E-state index in [1.165, 1.54) is 6.07 Å². The van der Waals surface area contributed by atoms with E-state index in [0.29, 0.717) is 5.92 Å². The molecule has 0 spiro atoms. The molecule has 0 heterocycles. The number of Topliss-reactive ketones (excluding diaryl/α,β-unsaturated/α-hetero) is 1. The molecule has 0 bridgehead atoms. The highest BCUT2D eigenvalue weighted by Crippen LogP contribution is 2.41. The minimum absolute atomic E-state index is 0.0530. The normalized spacial score (nSPS) is 23.6. The second-order valence-corrected chi connectivity index (χ2v) is 4.78. The molecule has 1 aliphatic rings. The van der Waals surface area contributed by atoms with Crippen molar-refractivity contribution in [3.8, 4) is 0 Å². The Morgan fingerprint density at radius 2 is 2.00 bits per heavy atom. The molecule has 5 heteroatoms. The Morgan fingerprint density at radius 3 is 2.41 bits per heavy atom. The van der Waals surface area contributed by atoms with Crippen molar-refractivity contribution in [2.24, 2.45) is 11.8 Å². The Bertz CT molecular complexity index is 467. The summed E-state index contributed by atoms with van der Waals surface area (Å²) in [5.41, 5.74) is -0.642. The maximum absolute atomic E-state index is 12.4. The summed E-state index contributed by atoms with van der Waals surface area (Å²) in [5.74, 6) is 0.152. The zero-order valence-electron chi connectivity index (χ0n) is 9.01. The summed E-state index contributed by atoms with van der Waals surface area (Å²) in [4.78, 5) is 11.8. The lowest BCUT2D eigenvalue weighted by Gasteiger charge is -2.09. The second kappa shape index (κ2) is 4.02. The number of alkyl halides is 3. The van der Waals surface area contributed by atoms with E-state index in [-0.39, 0.29) is 17.3 Å². The molecule has 0 unspecified atom stereocenters. The molecule has 0 radical (unpaired) electrons.